The number of nitrogens with zero attached hydrogens (tertiary/aromatic N) is 3. The van der Waals surface area contributed by atoms with Gasteiger partial charge in [-0.3, -0.25) is 4.98 Å². The average Bonchev–Trinajstić information content (AvgIpc) is 3.39. The number of aromatic nitrogens is 2. The maximum absolute atomic E-state index is 5.87. The highest BCUT2D eigenvalue weighted by Crippen LogP contribution is 2.45. The Hall–Kier alpha value is -3.64. The first kappa shape index (κ1) is 20.3. The number of para-hydroxylation sites is 3. The Labute approximate surface area is 193 Å². The zero-order chi connectivity index (χ0) is 22.1. The molecular weight excluding hydrogens is 416 g/mol. The molecule has 2 aromatic heterocycles. The van der Waals surface area contributed by atoms with Crippen LogP contribution in [-0.2, 0) is 0 Å². The van der Waals surface area contributed by atoms with E-state index in [4.69, 9.17) is 17.0 Å². The minimum atomic E-state index is -0.123. The van der Waals surface area contributed by atoms with Gasteiger partial charge in [0.05, 0.1) is 24.5 Å². The first-order chi connectivity index (χ1) is 15.7. The van der Waals surface area contributed by atoms with Crippen LogP contribution < -0.4 is 15.0 Å². The lowest BCUT2D eigenvalue weighted by Crippen LogP contribution is -2.30. The minimum absolute atomic E-state index is 0.120. The minimum Gasteiger partial charge on any atom is -0.495 e. The van der Waals surface area contributed by atoms with Crippen molar-refractivity contribution >= 4 is 23.0 Å². The Balaban J connectivity index is 1.72. The third kappa shape index (κ3) is 3.42. The monoisotopic (exact) mass is 440 g/mol. The molecule has 0 aliphatic carbocycles. The second-order valence-electron chi connectivity index (χ2n) is 7.74. The quantitative estimate of drug-likeness (QED) is 0.423. The van der Waals surface area contributed by atoms with Crippen molar-refractivity contribution in [3.63, 3.8) is 0 Å². The number of thiocarbonyl (C=S) groups is 1. The van der Waals surface area contributed by atoms with Gasteiger partial charge < -0.3 is 19.5 Å². The molecule has 5 nitrogen and oxygen atoms in total. The largest absolute Gasteiger partial charge is 0.495 e. The second kappa shape index (κ2) is 8.48. The van der Waals surface area contributed by atoms with Gasteiger partial charge in [-0.1, -0.05) is 36.4 Å². The molecule has 0 saturated carbocycles. The molecule has 0 bridgehead atoms. The third-order valence-corrected chi connectivity index (χ3v) is 6.18. The van der Waals surface area contributed by atoms with Crippen molar-refractivity contribution < 1.29 is 4.74 Å². The lowest BCUT2D eigenvalue weighted by molar-refractivity contribution is 0.414. The molecule has 160 valence electrons. The molecular formula is C26H24N4OS. The molecule has 4 aromatic rings. The summed E-state index contributed by atoms with van der Waals surface area (Å²) in [5.41, 5.74) is 5.26. The number of rotatable bonds is 5. The van der Waals surface area contributed by atoms with Gasteiger partial charge in [0.15, 0.2) is 5.11 Å². The molecule has 1 saturated heterocycles. The number of ether oxygens (including phenoxy) is 1. The van der Waals surface area contributed by atoms with Crippen LogP contribution in [0.15, 0.2) is 91.1 Å². The van der Waals surface area contributed by atoms with Crippen LogP contribution in [0, 0.1) is 6.92 Å². The SMILES string of the molecule is COc1ccccc1N1C(=S)N[C@@H](c2ccccn2)[C@H]1c1ccc(C)n1-c1ccccc1. The Morgan fingerprint density at radius 1 is 0.906 bits per heavy atom. The number of nitrogens with one attached hydrogen (secondary N) is 1. The van der Waals surface area contributed by atoms with Gasteiger partial charge in [0.25, 0.3) is 0 Å². The van der Waals surface area contributed by atoms with E-state index < -0.39 is 0 Å². The van der Waals surface area contributed by atoms with Crippen LogP contribution in [0.2, 0.25) is 0 Å². The topological polar surface area (TPSA) is 42.3 Å². The number of benzene rings is 2. The van der Waals surface area contributed by atoms with Crippen LogP contribution in [0.3, 0.4) is 0 Å². The maximum atomic E-state index is 5.87. The normalized spacial score (nSPS) is 17.9. The fraction of sp³-hybridized carbons (Fsp3) is 0.154. The molecule has 2 atom stereocenters. The molecule has 1 N–H and O–H groups in total. The predicted octanol–water partition coefficient (Wildman–Crippen LogP) is 5.37. The van der Waals surface area contributed by atoms with Gasteiger partial charge in [-0.2, -0.15) is 0 Å². The number of hydrogen-bond donors (Lipinski definition) is 1. The van der Waals surface area contributed by atoms with Crippen molar-refractivity contribution in [3.8, 4) is 11.4 Å². The maximum Gasteiger partial charge on any atom is 0.174 e. The van der Waals surface area contributed by atoms with E-state index in [0.717, 1.165) is 34.2 Å². The standard InChI is InChI=1S/C26H24N4OS/c1-18-15-16-22(29(18)19-10-4-3-5-11-19)25-24(20-12-8-9-17-27-20)28-26(32)30(25)21-13-6-7-14-23(21)31-2/h3-17,24-25H,1-2H3,(H,28,32)/t24-,25+/m0/s1. The summed E-state index contributed by atoms with van der Waals surface area (Å²) in [6, 6.07) is 28.5. The Morgan fingerprint density at radius 2 is 1.66 bits per heavy atom. The summed E-state index contributed by atoms with van der Waals surface area (Å²) in [5.74, 6) is 0.776. The van der Waals surface area contributed by atoms with E-state index in [1.54, 1.807) is 7.11 Å². The van der Waals surface area contributed by atoms with Gasteiger partial charge in [0.2, 0.25) is 0 Å². The summed E-state index contributed by atoms with van der Waals surface area (Å²) in [4.78, 5) is 6.82. The van der Waals surface area contributed by atoms with Crippen molar-refractivity contribution in [2.45, 2.75) is 19.0 Å². The number of pyridine rings is 1. The molecule has 0 unspecified atom stereocenters. The van der Waals surface area contributed by atoms with Gasteiger partial charge in [-0.15, -0.1) is 0 Å². The number of anilines is 1. The lowest BCUT2D eigenvalue weighted by atomic mass is 10.0. The van der Waals surface area contributed by atoms with E-state index in [-0.39, 0.29) is 12.1 Å². The number of aryl methyl sites for hydroxylation is 1. The first-order valence-electron chi connectivity index (χ1n) is 10.6. The van der Waals surface area contributed by atoms with Gasteiger partial charge in [0, 0.05) is 23.3 Å². The summed E-state index contributed by atoms with van der Waals surface area (Å²) >= 11 is 5.87. The third-order valence-electron chi connectivity index (χ3n) is 5.87. The van der Waals surface area contributed by atoms with E-state index >= 15 is 0 Å². The van der Waals surface area contributed by atoms with Crippen molar-refractivity contribution in [1.82, 2.24) is 14.9 Å². The summed E-state index contributed by atoms with van der Waals surface area (Å²) in [7, 11) is 1.69. The van der Waals surface area contributed by atoms with Crippen LogP contribution in [0.5, 0.6) is 5.75 Å². The van der Waals surface area contributed by atoms with Gasteiger partial charge >= 0.3 is 0 Å². The van der Waals surface area contributed by atoms with E-state index in [2.05, 4.69) is 63.1 Å². The van der Waals surface area contributed by atoms with Crippen molar-refractivity contribution in [2.24, 2.45) is 0 Å². The molecule has 32 heavy (non-hydrogen) atoms. The molecule has 1 fully saturated rings. The highest BCUT2D eigenvalue weighted by Gasteiger charge is 2.43. The predicted molar refractivity (Wildman–Crippen MR) is 131 cm³/mol. The molecule has 0 radical (unpaired) electrons. The average molecular weight is 441 g/mol. The molecule has 6 heteroatoms. The highest BCUT2D eigenvalue weighted by atomic mass is 32.1. The number of methoxy groups -OCH3 is 1. The summed E-state index contributed by atoms with van der Waals surface area (Å²) in [5, 5.41) is 4.18. The van der Waals surface area contributed by atoms with Crippen LogP contribution in [-0.4, -0.2) is 21.8 Å². The van der Waals surface area contributed by atoms with E-state index in [1.165, 1.54) is 0 Å². The van der Waals surface area contributed by atoms with Crippen molar-refractivity contribution in [2.75, 3.05) is 12.0 Å². The molecule has 1 aliphatic rings. The Morgan fingerprint density at radius 3 is 2.41 bits per heavy atom. The van der Waals surface area contributed by atoms with E-state index in [1.807, 2.05) is 54.7 Å². The van der Waals surface area contributed by atoms with E-state index in [0.29, 0.717) is 5.11 Å². The van der Waals surface area contributed by atoms with E-state index in [9.17, 15) is 0 Å². The molecule has 1 aliphatic heterocycles. The molecule has 5 rings (SSSR count). The zero-order valence-electron chi connectivity index (χ0n) is 18.0. The molecule has 3 heterocycles. The lowest BCUT2D eigenvalue weighted by Gasteiger charge is -2.30. The van der Waals surface area contributed by atoms with Crippen molar-refractivity contribution in [1.29, 1.82) is 0 Å². The molecule has 0 spiro atoms. The number of hydrogen-bond acceptors (Lipinski definition) is 3. The fourth-order valence-corrected chi connectivity index (χ4v) is 4.80. The summed E-state index contributed by atoms with van der Waals surface area (Å²) in [6.07, 6.45) is 1.82. The van der Waals surface area contributed by atoms with Gasteiger partial charge in [-0.05, 0) is 67.7 Å². The van der Waals surface area contributed by atoms with Crippen LogP contribution in [0.1, 0.15) is 29.2 Å². The van der Waals surface area contributed by atoms with Gasteiger partial charge in [-0.25, -0.2) is 0 Å². The van der Waals surface area contributed by atoms with Gasteiger partial charge in [0.1, 0.15) is 11.8 Å². The first-order valence-corrected chi connectivity index (χ1v) is 11.0. The Kier molecular flexibility index (Phi) is 5.37. The smallest absolute Gasteiger partial charge is 0.174 e. The van der Waals surface area contributed by atoms with Crippen molar-refractivity contribution in [3.05, 3.63) is 108 Å². The summed E-state index contributed by atoms with van der Waals surface area (Å²) in [6.45, 7) is 2.13. The van der Waals surface area contributed by atoms with Crippen LogP contribution >= 0.6 is 12.2 Å². The van der Waals surface area contributed by atoms with Crippen LogP contribution in [0.4, 0.5) is 5.69 Å². The zero-order valence-corrected chi connectivity index (χ0v) is 18.8. The highest BCUT2D eigenvalue weighted by molar-refractivity contribution is 7.80. The Bertz CT molecular complexity index is 1240. The fourth-order valence-electron chi connectivity index (χ4n) is 4.46. The van der Waals surface area contributed by atoms with Crippen LogP contribution in [0.25, 0.3) is 5.69 Å². The molecule has 0 amide bonds. The molecule has 2 aromatic carbocycles. The summed E-state index contributed by atoms with van der Waals surface area (Å²) < 4.78 is 7.99. The second-order valence-corrected chi connectivity index (χ2v) is 8.13.